The molecule has 0 bridgehead atoms. The Morgan fingerprint density at radius 1 is 1.00 bits per heavy atom. The zero-order chi connectivity index (χ0) is 23.2. The average Bonchev–Trinajstić information content (AvgIpc) is 3.25. The SMILES string of the molecule is O=S(=O)(CC(CSc1cccs1)NO)c1ccc(Oc2ccc(OC(F)(F)F)cc2)cc1. The predicted molar refractivity (Wildman–Crippen MR) is 115 cm³/mol. The molecule has 1 aromatic heterocycles. The molecular weight excluding hydrogens is 487 g/mol. The Labute approximate surface area is 190 Å². The van der Waals surface area contributed by atoms with Crippen molar-refractivity contribution in [3.8, 4) is 17.2 Å². The van der Waals surface area contributed by atoms with Gasteiger partial charge < -0.3 is 14.7 Å². The molecule has 12 heteroatoms. The van der Waals surface area contributed by atoms with Crippen molar-refractivity contribution in [3.05, 3.63) is 66.0 Å². The number of rotatable bonds is 10. The van der Waals surface area contributed by atoms with Crippen molar-refractivity contribution >= 4 is 32.9 Å². The maximum atomic E-state index is 12.7. The minimum atomic E-state index is -4.78. The predicted octanol–water partition coefficient (Wildman–Crippen LogP) is 5.35. The van der Waals surface area contributed by atoms with Gasteiger partial charge in [0.1, 0.15) is 17.2 Å². The molecule has 3 aromatic rings. The third-order valence-electron chi connectivity index (χ3n) is 4.00. The Balaban J connectivity index is 1.59. The van der Waals surface area contributed by atoms with Gasteiger partial charge in [0, 0.05) is 5.75 Å². The number of hydrogen-bond acceptors (Lipinski definition) is 8. The first-order valence-electron chi connectivity index (χ1n) is 9.07. The van der Waals surface area contributed by atoms with E-state index in [1.165, 1.54) is 59.5 Å². The molecule has 0 amide bonds. The van der Waals surface area contributed by atoms with Crippen LogP contribution in [0.4, 0.5) is 13.2 Å². The molecule has 2 N–H and O–H groups in total. The van der Waals surface area contributed by atoms with Crippen LogP contribution in [-0.4, -0.2) is 37.5 Å². The number of thiophene rings is 1. The Morgan fingerprint density at radius 2 is 1.59 bits per heavy atom. The molecule has 3 rings (SSSR count). The lowest BCUT2D eigenvalue weighted by Crippen LogP contribution is -2.35. The van der Waals surface area contributed by atoms with Gasteiger partial charge in [0.15, 0.2) is 9.84 Å². The number of hydrogen-bond donors (Lipinski definition) is 2. The van der Waals surface area contributed by atoms with Crippen LogP contribution in [0.2, 0.25) is 0 Å². The van der Waals surface area contributed by atoms with Crippen LogP contribution in [0.25, 0.3) is 0 Å². The van der Waals surface area contributed by atoms with Gasteiger partial charge in [0.25, 0.3) is 0 Å². The third-order valence-corrected chi connectivity index (χ3v) is 8.13. The van der Waals surface area contributed by atoms with Crippen molar-refractivity contribution < 1.29 is 36.3 Å². The Bertz CT molecular complexity index is 1090. The summed E-state index contributed by atoms with van der Waals surface area (Å²) in [5.74, 6) is 0.244. The first-order valence-corrected chi connectivity index (χ1v) is 12.6. The van der Waals surface area contributed by atoms with Crippen molar-refractivity contribution in [1.82, 2.24) is 5.48 Å². The van der Waals surface area contributed by atoms with Crippen molar-refractivity contribution in [1.29, 1.82) is 0 Å². The van der Waals surface area contributed by atoms with E-state index in [1.54, 1.807) is 0 Å². The van der Waals surface area contributed by atoms with Crippen molar-refractivity contribution in [2.75, 3.05) is 11.5 Å². The van der Waals surface area contributed by atoms with Gasteiger partial charge in [-0.05, 0) is 60.0 Å². The summed E-state index contributed by atoms with van der Waals surface area (Å²) >= 11 is 2.97. The quantitative estimate of drug-likeness (QED) is 0.284. The van der Waals surface area contributed by atoms with Crippen molar-refractivity contribution in [2.45, 2.75) is 21.5 Å². The van der Waals surface area contributed by atoms with Crippen LogP contribution in [0.1, 0.15) is 0 Å². The molecule has 6 nitrogen and oxygen atoms in total. The fourth-order valence-electron chi connectivity index (χ4n) is 2.57. The van der Waals surface area contributed by atoms with Crippen LogP contribution in [-0.2, 0) is 9.84 Å². The number of thioether (sulfide) groups is 1. The van der Waals surface area contributed by atoms with E-state index < -0.39 is 22.2 Å². The molecule has 1 unspecified atom stereocenters. The minimum absolute atomic E-state index is 0.0557. The van der Waals surface area contributed by atoms with Gasteiger partial charge in [0.2, 0.25) is 0 Å². The summed E-state index contributed by atoms with van der Waals surface area (Å²) in [4.78, 5) is 0.0557. The normalized spacial score (nSPS) is 13.0. The number of sulfone groups is 1. The lowest BCUT2D eigenvalue weighted by Gasteiger charge is -2.15. The van der Waals surface area contributed by atoms with E-state index in [1.807, 2.05) is 17.5 Å². The van der Waals surface area contributed by atoms with Gasteiger partial charge >= 0.3 is 6.36 Å². The molecule has 0 saturated heterocycles. The Morgan fingerprint density at radius 3 is 2.12 bits per heavy atom. The largest absolute Gasteiger partial charge is 0.573 e. The van der Waals surface area contributed by atoms with Crippen LogP contribution in [0.3, 0.4) is 0 Å². The summed E-state index contributed by atoms with van der Waals surface area (Å²) in [5.41, 5.74) is 2.05. The molecule has 2 aromatic carbocycles. The summed E-state index contributed by atoms with van der Waals surface area (Å²) in [6.07, 6.45) is -4.78. The van der Waals surface area contributed by atoms with Gasteiger partial charge in [-0.15, -0.1) is 36.3 Å². The summed E-state index contributed by atoms with van der Waals surface area (Å²) in [5, 5.41) is 11.3. The van der Waals surface area contributed by atoms with E-state index in [-0.39, 0.29) is 22.1 Å². The molecule has 172 valence electrons. The summed E-state index contributed by atoms with van der Waals surface area (Å²) in [6.45, 7) is 0. The molecule has 0 spiro atoms. The minimum Gasteiger partial charge on any atom is -0.457 e. The molecule has 0 aliphatic rings. The van der Waals surface area contributed by atoms with Gasteiger partial charge in [-0.2, -0.15) is 0 Å². The second-order valence-electron chi connectivity index (χ2n) is 6.44. The number of benzene rings is 2. The maximum absolute atomic E-state index is 12.7. The molecule has 32 heavy (non-hydrogen) atoms. The summed E-state index contributed by atoms with van der Waals surface area (Å²) in [6, 6.07) is 13.6. The van der Waals surface area contributed by atoms with Gasteiger partial charge in [-0.3, -0.25) is 0 Å². The monoisotopic (exact) mass is 505 g/mol. The third kappa shape index (κ3) is 7.41. The number of hydroxylamine groups is 1. The molecular formula is C20H18F3NO5S3. The number of halogens is 3. The van der Waals surface area contributed by atoms with Crippen LogP contribution in [0.15, 0.2) is 75.1 Å². The molecule has 1 atom stereocenters. The van der Waals surface area contributed by atoms with Gasteiger partial charge in [-0.25, -0.2) is 13.9 Å². The number of nitrogens with one attached hydrogen (secondary N) is 1. The smallest absolute Gasteiger partial charge is 0.457 e. The Kier molecular flexibility index (Phi) is 8.06. The van der Waals surface area contributed by atoms with Crippen LogP contribution < -0.4 is 15.0 Å². The molecule has 0 radical (unpaired) electrons. The highest BCUT2D eigenvalue weighted by atomic mass is 32.2. The highest BCUT2D eigenvalue weighted by molar-refractivity contribution is 8.01. The lowest BCUT2D eigenvalue weighted by molar-refractivity contribution is -0.274. The van der Waals surface area contributed by atoms with Gasteiger partial charge in [-0.1, -0.05) is 6.07 Å². The van der Waals surface area contributed by atoms with E-state index >= 15 is 0 Å². The number of ether oxygens (including phenoxy) is 2. The Hall–Kier alpha value is -2.25. The zero-order valence-electron chi connectivity index (χ0n) is 16.3. The first kappa shape index (κ1) is 24.4. The first-order chi connectivity index (χ1) is 15.1. The second kappa shape index (κ2) is 10.6. The van der Waals surface area contributed by atoms with E-state index in [0.717, 1.165) is 16.3 Å². The van der Waals surface area contributed by atoms with Crippen LogP contribution >= 0.6 is 23.1 Å². The highest BCUT2D eigenvalue weighted by Gasteiger charge is 2.31. The fourth-order valence-corrected chi connectivity index (χ4v) is 6.01. The van der Waals surface area contributed by atoms with Gasteiger partial charge in [0.05, 0.1) is 20.9 Å². The summed E-state index contributed by atoms with van der Waals surface area (Å²) < 4.78 is 72.3. The van der Waals surface area contributed by atoms with Crippen molar-refractivity contribution in [2.24, 2.45) is 0 Å². The molecule has 0 saturated carbocycles. The highest BCUT2D eigenvalue weighted by Crippen LogP contribution is 2.28. The zero-order valence-corrected chi connectivity index (χ0v) is 18.7. The average molecular weight is 506 g/mol. The second-order valence-corrected chi connectivity index (χ2v) is 10.7. The van der Waals surface area contributed by atoms with E-state index in [4.69, 9.17) is 4.74 Å². The molecule has 0 aliphatic heterocycles. The standard InChI is InChI=1S/C20H18F3NO5S3/c21-20(22,23)29-17-5-3-15(4-6-17)28-16-7-9-18(10-8-16)32(26,27)13-14(24-25)12-31-19-2-1-11-30-19/h1-11,14,24-25H,12-13H2. The molecule has 0 aliphatic carbocycles. The fraction of sp³-hybridized carbons (Fsp3) is 0.200. The van der Waals surface area contributed by atoms with E-state index in [9.17, 15) is 26.8 Å². The van der Waals surface area contributed by atoms with Crippen LogP contribution in [0.5, 0.6) is 17.2 Å². The number of alkyl halides is 3. The summed E-state index contributed by atoms with van der Waals surface area (Å²) in [7, 11) is -3.69. The molecule has 1 heterocycles. The lowest BCUT2D eigenvalue weighted by atomic mass is 10.3. The molecule has 0 fully saturated rings. The maximum Gasteiger partial charge on any atom is 0.573 e. The topological polar surface area (TPSA) is 84.9 Å². The van der Waals surface area contributed by atoms with E-state index in [2.05, 4.69) is 10.2 Å². The van der Waals surface area contributed by atoms with Crippen LogP contribution in [0, 0.1) is 0 Å². The van der Waals surface area contributed by atoms with E-state index in [0.29, 0.717) is 11.5 Å². The van der Waals surface area contributed by atoms with Crippen molar-refractivity contribution in [3.63, 3.8) is 0 Å².